The van der Waals surface area contributed by atoms with E-state index in [1.165, 1.54) is 0 Å². The van der Waals surface area contributed by atoms with E-state index in [2.05, 4.69) is 12.1 Å². The third-order valence-corrected chi connectivity index (χ3v) is 3.15. The van der Waals surface area contributed by atoms with Crippen LogP contribution < -0.4 is 4.74 Å². The van der Waals surface area contributed by atoms with E-state index in [9.17, 15) is 5.11 Å². The first-order valence-corrected chi connectivity index (χ1v) is 6.64. The zero-order chi connectivity index (χ0) is 13.7. The molecular formula is C17H20O2. The number of rotatable bonds is 5. The Balaban J connectivity index is 2.18. The highest BCUT2D eigenvalue weighted by Crippen LogP contribution is 2.29. The van der Waals surface area contributed by atoms with Crippen LogP contribution in [0.2, 0.25) is 0 Å². The van der Waals surface area contributed by atoms with E-state index in [4.69, 9.17) is 4.74 Å². The SMILES string of the molecule is CC(C)C(O)COc1ccccc1-c1ccccc1. The van der Waals surface area contributed by atoms with Crippen molar-refractivity contribution in [1.29, 1.82) is 0 Å². The molecule has 0 amide bonds. The molecule has 0 heterocycles. The average Bonchev–Trinajstić information content (AvgIpc) is 2.46. The van der Waals surface area contributed by atoms with Crippen LogP contribution in [-0.2, 0) is 0 Å². The highest BCUT2D eigenvalue weighted by atomic mass is 16.5. The highest BCUT2D eigenvalue weighted by Gasteiger charge is 2.11. The van der Waals surface area contributed by atoms with Gasteiger partial charge in [-0.15, -0.1) is 0 Å². The summed E-state index contributed by atoms with van der Waals surface area (Å²) >= 11 is 0. The summed E-state index contributed by atoms with van der Waals surface area (Å²) < 4.78 is 5.76. The summed E-state index contributed by atoms with van der Waals surface area (Å²) in [5.74, 6) is 1.01. The van der Waals surface area contributed by atoms with Crippen LogP contribution in [0, 0.1) is 5.92 Å². The summed E-state index contributed by atoms with van der Waals surface area (Å²) in [7, 11) is 0. The lowest BCUT2D eigenvalue weighted by Gasteiger charge is -2.17. The standard InChI is InChI=1S/C17H20O2/c1-13(2)16(18)12-19-17-11-7-6-10-15(17)14-8-4-3-5-9-14/h3-11,13,16,18H,12H2,1-2H3. The van der Waals surface area contributed by atoms with Crippen LogP contribution in [0.3, 0.4) is 0 Å². The predicted molar refractivity (Wildman–Crippen MR) is 78.2 cm³/mol. The van der Waals surface area contributed by atoms with Crippen LogP contribution in [-0.4, -0.2) is 17.8 Å². The van der Waals surface area contributed by atoms with Crippen molar-refractivity contribution in [2.45, 2.75) is 20.0 Å². The number of hydrogen-bond acceptors (Lipinski definition) is 2. The van der Waals surface area contributed by atoms with Crippen LogP contribution in [0.15, 0.2) is 54.6 Å². The van der Waals surface area contributed by atoms with Gasteiger partial charge in [0.25, 0.3) is 0 Å². The van der Waals surface area contributed by atoms with Gasteiger partial charge in [-0.25, -0.2) is 0 Å². The Morgan fingerprint density at radius 3 is 2.26 bits per heavy atom. The Morgan fingerprint density at radius 2 is 1.58 bits per heavy atom. The fourth-order valence-electron chi connectivity index (χ4n) is 1.82. The molecule has 2 aromatic rings. The average molecular weight is 256 g/mol. The second-order valence-electron chi connectivity index (χ2n) is 4.98. The molecule has 2 aromatic carbocycles. The summed E-state index contributed by atoms with van der Waals surface area (Å²) in [4.78, 5) is 0. The van der Waals surface area contributed by atoms with Crippen molar-refractivity contribution in [1.82, 2.24) is 0 Å². The Kier molecular flexibility index (Phi) is 4.58. The molecule has 1 unspecified atom stereocenters. The number of benzene rings is 2. The Hall–Kier alpha value is -1.80. The molecule has 0 fully saturated rings. The van der Waals surface area contributed by atoms with Gasteiger partial charge in [-0.05, 0) is 17.5 Å². The Bertz CT molecular complexity index is 506. The van der Waals surface area contributed by atoms with Crippen molar-refractivity contribution in [2.24, 2.45) is 5.92 Å². The van der Waals surface area contributed by atoms with E-state index in [0.29, 0.717) is 6.61 Å². The van der Waals surface area contributed by atoms with Gasteiger partial charge >= 0.3 is 0 Å². The molecule has 0 aliphatic carbocycles. The second-order valence-corrected chi connectivity index (χ2v) is 4.98. The second kappa shape index (κ2) is 6.39. The van der Waals surface area contributed by atoms with Gasteiger partial charge in [-0.3, -0.25) is 0 Å². The third kappa shape index (κ3) is 3.58. The van der Waals surface area contributed by atoms with E-state index in [0.717, 1.165) is 16.9 Å². The van der Waals surface area contributed by atoms with Crippen molar-refractivity contribution >= 4 is 0 Å². The summed E-state index contributed by atoms with van der Waals surface area (Å²) in [5.41, 5.74) is 2.18. The van der Waals surface area contributed by atoms with Gasteiger partial charge in [-0.2, -0.15) is 0 Å². The molecule has 100 valence electrons. The maximum absolute atomic E-state index is 9.82. The van der Waals surface area contributed by atoms with Gasteiger partial charge in [0.05, 0.1) is 6.10 Å². The summed E-state index contributed by atoms with van der Waals surface area (Å²) in [6.07, 6.45) is -0.441. The molecule has 0 saturated carbocycles. The summed E-state index contributed by atoms with van der Waals surface area (Å²) in [6.45, 7) is 4.29. The lowest BCUT2D eigenvalue weighted by molar-refractivity contribution is 0.0704. The number of aliphatic hydroxyl groups excluding tert-OH is 1. The van der Waals surface area contributed by atoms with Gasteiger partial charge in [0, 0.05) is 5.56 Å². The van der Waals surface area contributed by atoms with Gasteiger partial charge < -0.3 is 9.84 Å². The maximum atomic E-state index is 9.82. The molecule has 2 heteroatoms. The first kappa shape index (κ1) is 13.6. The Labute approximate surface area is 114 Å². The number of aliphatic hydroxyl groups is 1. The number of ether oxygens (including phenoxy) is 1. The zero-order valence-corrected chi connectivity index (χ0v) is 11.4. The van der Waals surface area contributed by atoms with Crippen molar-refractivity contribution in [3.63, 3.8) is 0 Å². The minimum atomic E-state index is -0.441. The van der Waals surface area contributed by atoms with E-state index >= 15 is 0 Å². The summed E-state index contributed by atoms with van der Waals surface area (Å²) in [6, 6.07) is 18.0. The molecule has 2 nitrogen and oxygen atoms in total. The third-order valence-electron chi connectivity index (χ3n) is 3.15. The van der Waals surface area contributed by atoms with E-state index in [-0.39, 0.29) is 5.92 Å². The Morgan fingerprint density at radius 1 is 0.947 bits per heavy atom. The largest absolute Gasteiger partial charge is 0.490 e. The molecule has 2 rings (SSSR count). The van der Waals surface area contributed by atoms with Crippen molar-refractivity contribution in [3.05, 3.63) is 54.6 Å². The van der Waals surface area contributed by atoms with Crippen molar-refractivity contribution in [2.75, 3.05) is 6.61 Å². The van der Waals surface area contributed by atoms with Gasteiger partial charge in [-0.1, -0.05) is 62.4 Å². The van der Waals surface area contributed by atoms with Gasteiger partial charge in [0.15, 0.2) is 0 Å². The van der Waals surface area contributed by atoms with E-state index < -0.39 is 6.10 Å². The van der Waals surface area contributed by atoms with Crippen LogP contribution in [0.25, 0.3) is 11.1 Å². The summed E-state index contributed by atoms with van der Waals surface area (Å²) in [5, 5.41) is 9.82. The molecular weight excluding hydrogens is 236 g/mol. The highest BCUT2D eigenvalue weighted by molar-refractivity contribution is 5.70. The van der Waals surface area contributed by atoms with Crippen LogP contribution in [0.5, 0.6) is 5.75 Å². The molecule has 1 atom stereocenters. The molecule has 19 heavy (non-hydrogen) atoms. The van der Waals surface area contributed by atoms with Crippen LogP contribution >= 0.6 is 0 Å². The quantitative estimate of drug-likeness (QED) is 0.882. The van der Waals surface area contributed by atoms with Crippen molar-refractivity contribution < 1.29 is 9.84 Å². The molecule has 0 radical (unpaired) electrons. The van der Waals surface area contributed by atoms with E-state index in [1.807, 2.05) is 56.3 Å². The molecule has 0 aliphatic rings. The maximum Gasteiger partial charge on any atom is 0.127 e. The molecule has 0 saturated heterocycles. The minimum absolute atomic E-state index is 0.198. The zero-order valence-electron chi connectivity index (χ0n) is 11.4. The van der Waals surface area contributed by atoms with Gasteiger partial charge in [0.1, 0.15) is 12.4 Å². The predicted octanol–water partition coefficient (Wildman–Crippen LogP) is 3.75. The topological polar surface area (TPSA) is 29.5 Å². The van der Waals surface area contributed by atoms with Gasteiger partial charge in [0.2, 0.25) is 0 Å². The molecule has 0 bridgehead atoms. The first-order valence-electron chi connectivity index (χ1n) is 6.64. The molecule has 1 N–H and O–H groups in total. The minimum Gasteiger partial charge on any atom is -0.490 e. The van der Waals surface area contributed by atoms with Crippen LogP contribution in [0.4, 0.5) is 0 Å². The first-order chi connectivity index (χ1) is 9.18. The fourth-order valence-corrected chi connectivity index (χ4v) is 1.82. The smallest absolute Gasteiger partial charge is 0.127 e. The molecule has 0 spiro atoms. The van der Waals surface area contributed by atoms with Crippen LogP contribution in [0.1, 0.15) is 13.8 Å². The monoisotopic (exact) mass is 256 g/mol. The normalized spacial score (nSPS) is 12.4. The number of hydrogen-bond donors (Lipinski definition) is 1. The fraction of sp³-hybridized carbons (Fsp3) is 0.294. The van der Waals surface area contributed by atoms with Crippen molar-refractivity contribution in [3.8, 4) is 16.9 Å². The lowest BCUT2D eigenvalue weighted by Crippen LogP contribution is -2.23. The molecule has 0 aliphatic heterocycles. The molecule has 0 aromatic heterocycles. The number of para-hydroxylation sites is 1. The lowest BCUT2D eigenvalue weighted by atomic mass is 10.0. The van der Waals surface area contributed by atoms with E-state index in [1.54, 1.807) is 0 Å².